The Balaban J connectivity index is 0.00000480. The normalized spacial score (nSPS) is 12.3. The van der Waals surface area contributed by atoms with Crippen molar-refractivity contribution in [2.75, 3.05) is 26.9 Å². The maximum absolute atomic E-state index is 5.79. The Bertz CT molecular complexity index is 822. The van der Waals surface area contributed by atoms with Crippen LogP contribution in [0.4, 0.5) is 0 Å². The molecule has 2 aromatic rings. The molecule has 2 N–H and O–H groups in total. The molecule has 1 atom stereocenters. The van der Waals surface area contributed by atoms with E-state index in [1.165, 1.54) is 11.3 Å². The van der Waals surface area contributed by atoms with Crippen molar-refractivity contribution >= 4 is 29.9 Å². The number of aromatic nitrogens is 2. The van der Waals surface area contributed by atoms with Crippen molar-refractivity contribution in [2.24, 2.45) is 12.0 Å². The molecule has 31 heavy (non-hydrogen) atoms. The molecule has 1 aromatic carbocycles. The van der Waals surface area contributed by atoms with E-state index in [0.717, 1.165) is 42.4 Å². The molecule has 2 rings (SSSR count). The van der Waals surface area contributed by atoms with Crippen LogP contribution in [-0.4, -0.2) is 48.7 Å². The van der Waals surface area contributed by atoms with Crippen LogP contribution in [0.3, 0.4) is 0 Å². The average Bonchev–Trinajstić information content (AvgIpc) is 2.96. The van der Waals surface area contributed by atoms with E-state index in [0.29, 0.717) is 19.8 Å². The Kier molecular flexibility index (Phi) is 12.5. The largest absolute Gasteiger partial charge is 0.493 e. The van der Waals surface area contributed by atoms with Crippen molar-refractivity contribution in [3.8, 4) is 5.75 Å². The maximum atomic E-state index is 5.79. The molecule has 7 nitrogen and oxygen atoms in total. The lowest BCUT2D eigenvalue weighted by atomic mass is 10.1. The van der Waals surface area contributed by atoms with Crippen LogP contribution in [0.15, 0.2) is 29.3 Å². The number of halogens is 1. The molecule has 0 bridgehead atoms. The van der Waals surface area contributed by atoms with E-state index in [2.05, 4.69) is 49.5 Å². The quantitative estimate of drug-likeness (QED) is 0.196. The van der Waals surface area contributed by atoms with Gasteiger partial charge < -0.3 is 20.1 Å². The molecule has 0 aliphatic rings. The Morgan fingerprint density at radius 1 is 1.26 bits per heavy atom. The smallest absolute Gasteiger partial charge is 0.191 e. The molecule has 174 valence electrons. The van der Waals surface area contributed by atoms with Gasteiger partial charge in [-0.2, -0.15) is 5.10 Å². The lowest BCUT2D eigenvalue weighted by molar-refractivity contribution is 0.172. The molecule has 0 spiro atoms. The van der Waals surface area contributed by atoms with Crippen molar-refractivity contribution in [2.45, 2.75) is 53.1 Å². The number of guanidine groups is 1. The summed E-state index contributed by atoms with van der Waals surface area (Å²) >= 11 is 0. The zero-order chi connectivity index (χ0) is 21.9. The summed E-state index contributed by atoms with van der Waals surface area (Å²) < 4.78 is 12.8. The number of hydrogen-bond acceptors (Lipinski definition) is 4. The molecular weight excluding hydrogens is 505 g/mol. The SMILES string of the molecule is CCNC(=NCc1cccc(OCCCOC)c1)NC(C)Cc1c(C)nn(C)c1C.I. The molecule has 0 saturated carbocycles. The molecule has 0 fully saturated rings. The highest BCUT2D eigenvalue weighted by molar-refractivity contribution is 14.0. The molecule has 1 aromatic heterocycles. The standard InChI is InChI=1S/C23H37N5O2.HI/c1-7-24-23(26-17(2)14-22-18(3)27-28(5)19(22)4)25-16-20-10-8-11-21(15-20)30-13-9-12-29-6;/h8,10-11,15,17H,7,9,12-14,16H2,1-6H3,(H2,24,25,26);1H. The van der Waals surface area contributed by atoms with E-state index in [1.54, 1.807) is 7.11 Å². The molecule has 0 aliphatic carbocycles. The Morgan fingerprint density at radius 2 is 2.03 bits per heavy atom. The van der Waals surface area contributed by atoms with Crippen molar-refractivity contribution in [1.29, 1.82) is 0 Å². The number of nitrogens with one attached hydrogen (secondary N) is 2. The number of ether oxygens (including phenoxy) is 2. The molecule has 0 saturated heterocycles. The molecule has 1 unspecified atom stereocenters. The summed E-state index contributed by atoms with van der Waals surface area (Å²) in [4.78, 5) is 4.76. The van der Waals surface area contributed by atoms with Crippen molar-refractivity contribution in [3.63, 3.8) is 0 Å². The second-order valence-electron chi connectivity index (χ2n) is 7.56. The molecule has 0 amide bonds. The van der Waals surface area contributed by atoms with Gasteiger partial charge in [0.05, 0.1) is 18.8 Å². The van der Waals surface area contributed by atoms with E-state index in [-0.39, 0.29) is 30.0 Å². The third-order valence-corrected chi connectivity index (χ3v) is 4.98. The lowest BCUT2D eigenvalue weighted by Crippen LogP contribution is -2.43. The number of hydrogen-bond donors (Lipinski definition) is 2. The third kappa shape index (κ3) is 9.06. The van der Waals surface area contributed by atoms with E-state index >= 15 is 0 Å². The van der Waals surface area contributed by atoms with Crippen LogP contribution in [0, 0.1) is 13.8 Å². The van der Waals surface area contributed by atoms with Gasteiger partial charge in [0.1, 0.15) is 5.75 Å². The van der Waals surface area contributed by atoms with Crippen LogP contribution in [0.5, 0.6) is 5.75 Å². The monoisotopic (exact) mass is 543 g/mol. The van der Waals surface area contributed by atoms with Gasteiger partial charge in [-0.25, -0.2) is 4.99 Å². The average molecular weight is 543 g/mol. The van der Waals surface area contributed by atoms with Gasteiger partial charge in [-0.3, -0.25) is 4.68 Å². The fraction of sp³-hybridized carbons (Fsp3) is 0.565. The number of benzene rings is 1. The van der Waals surface area contributed by atoms with Gasteiger partial charge in [0.2, 0.25) is 0 Å². The van der Waals surface area contributed by atoms with Crippen molar-refractivity contribution < 1.29 is 9.47 Å². The topological polar surface area (TPSA) is 72.7 Å². The minimum atomic E-state index is 0. The van der Waals surface area contributed by atoms with Crippen molar-refractivity contribution in [1.82, 2.24) is 20.4 Å². The Morgan fingerprint density at radius 3 is 2.68 bits per heavy atom. The predicted molar refractivity (Wildman–Crippen MR) is 138 cm³/mol. The molecule has 1 heterocycles. The Hall–Kier alpha value is -1.81. The third-order valence-electron chi connectivity index (χ3n) is 4.98. The van der Waals surface area contributed by atoms with Gasteiger partial charge in [-0.15, -0.1) is 24.0 Å². The zero-order valence-electron chi connectivity index (χ0n) is 19.7. The first-order valence-electron chi connectivity index (χ1n) is 10.7. The summed E-state index contributed by atoms with van der Waals surface area (Å²) in [6, 6.07) is 8.34. The summed E-state index contributed by atoms with van der Waals surface area (Å²) in [6.45, 7) is 11.2. The van der Waals surface area contributed by atoms with Gasteiger partial charge in [0, 0.05) is 45.5 Å². The van der Waals surface area contributed by atoms with Crippen LogP contribution < -0.4 is 15.4 Å². The highest BCUT2D eigenvalue weighted by atomic mass is 127. The molecule has 0 radical (unpaired) electrons. The summed E-state index contributed by atoms with van der Waals surface area (Å²) in [5.74, 6) is 1.68. The van der Waals surface area contributed by atoms with E-state index in [4.69, 9.17) is 14.5 Å². The fourth-order valence-corrected chi connectivity index (χ4v) is 3.32. The zero-order valence-corrected chi connectivity index (χ0v) is 22.0. The number of aryl methyl sites for hydroxylation is 2. The van der Waals surface area contributed by atoms with Gasteiger partial charge in [-0.05, 0) is 57.4 Å². The second-order valence-corrected chi connectivity index (χ2v) is 7.56. The second kappa shape index (κ2) is 14.3. The van der Waals surface area contributed by atoms with E-state index in [9.17, 15) is 0 Å². The van der Waals surface area contributed by atoms with Gasteiger partial charge in [-0.1, -0.05) is 12.1 Å². The number of aliphatic imine (C=N–C) groups is 1. The summed E-state index contributed by atoms with van der Waals surface area (Å²) in [5.41, 5.74) is 4.72. The van der Waals surface area contributed by atoms with Crippen molar-refractivity contribution in [3.05, 3.63) is 46.8 Å². The molecular formula is C23H38IN5O2. The fourth-order valence-electron chi connectivity index (χ4n) is 3.32. The first-order valence-corrected chi connectivity index (χ1v) is 10.7. The lowest BCUT2D eigenvalue weighted by Gasteiger charge is -2.18. The van der Waals surface area contributed by atoms with E-state index < -0.39 is 0 Å². The summed E-state index contributed by atoms with van der Waals surface area (Å²) in [7, 11) is 3.69. The summed E-state index contributed by atoms with van der Waals surface area (Å²) in [6.07, 6.45) is 1.78. The highest BCUT2D eigenvalue weighted by Gasteiger charge is 2.14. The van der Waals surface area contributed by atoms with E-state index in [1.807, 2.05) is 29.9 Å². The highest BCUT2D eigenvalue weighted by Crippen LogP contribution is 2.15. The number of nitrogens with zero attached hydrogens (tertiary/aromatic N) is 3. The van der Waals surface area contributed by atoms with Gasteiger partial charge >= 0.3 is 0 Å². The van der Waals surface area contributed by atoms with Crippen LogP contribution in [-0.2, 0) is 24.8 Å². The minimum absolute atomic E-state index is 0. The summed E-state index contributed by atoms with van der Waals surface area (Å²) in [5, 5.41) is 11.4. The number of methoxy groups -OCH3 is 1. The minimum Gasteiger partial charge on any atom is -0.493 e. The first kappa shape index (κ1) is 27.2. The van der Waals surface area contributed by atoms with Crippen LogP contribution in [0.25, 0.3) is 0 Å². The molecule has 0 aliphatic heterocycles. The van der Waals surface area contributed by atoms with Gasteiger partial charge in [0.25, 0.3) is 0 Å². The number of rotatable bonds is 11. The van der Waals surface area contributed by atoms with Crippen LogP contribution in [0.1, 0.15) is 42.8 Å². The molecule has 8 heteroatoms. The first-order chi connectivity index (χ1) is 14.4. The van der Waals surface area contributed by atoms with Crippen LogP contribution in [0.2, 0.25) is 0 Å². The van der Waals surface area contributed by atoms with Crippen LogP contribution >= 0.6 is 24.0 Å². The van der Waals surface area contributed by atoms with Gasteiger partial charge in [0.15, 0.2) is 5.96 Å². The predicted octanol–water partition coefficient (Wildman–Crippen LogP) is 3.76. The maximum Gasteiger partial charge on any atom is 0.191 e. The Labute approximate surface area is 204 Å².